The van der Waals surface area contributed by atoms with Crippen LogP contribution in [0.3, 0.4) is 0 Å². The van der Waals surface area contributed by atoms with E-state index in [1.165, 1.54) is 38.9 Å². The first-order valence-corrected chi connectivity index (χ1v) is 25.9. The van der Waals surface area contributed by atoms with Gasteiger partial charge in [0.15, 0.2) is 0 Å². The topological polar surface area (TPSA) is 33.5 Å². The van der Waals surface area contributed by atoms with Crippen LogP contribution in [0.2, 0.25) is 0 Å². The van der Waals surface area contributed by atoms with Gasteiger partial charge in [-0.25, -0.2) is 4.98 Å². The smallest absolute Gasteiger partial charge is 0.135 e. The molecule has 11 rings (SSSR count). The quantitative estimate of drug-likeness (QED) is 0.135. The number of rotatable bonds is 9. The van der Waals surface area contributed by atoms with Crippen LogP contribution < -0.4 is 14.5 Å². The fraction of sp³-hybridized carbons (Fsp3) is 0.217. The third-order valence-corrected chi connectivity index (χ3v) is 14.9. The summed E-state index contributed by atoms with van der Waals surface area (Å²) < 4.78 is 9.35. The van der Waals surface area contributed by atoms with Crippen molar-refractivity contribution in [3.63, 3.8) is 0 Å². The fourth-order valence-corrected chi connectivity index (χ4v) is 10.3. The van der Waals surface area contributed by atoms with Crippen LogP contribution in [-0.4, -0.2) is 9.55 Å². The summed E-state index contributed by atoms with van der Waals surface area (Å²) >= 11 is 0. The number of fused-ring (bicyclic) bond motifs is 4. The molecule has 0 fully saturated rings. The largest absolute Gasteiger partial charge is 0.509 e. The van der Waals surface area contributed by atoms with Crippen molar-refractivity contribution in [3.8, 4) is 39.6 Å². The number of nitrogens with zero attached hydrogens (tertiary/aromatic N) is 4. The molecular weight excluding hydrogens is 1100 g/mol. The third kappa shape index (κ3) is 9.96. The molecular formula is C69H65N4OPt-3. The van der Waals surface area contributed by atoms with Crippen LogP contribution in [0.1, 0.15) is 104 Å². The number of hydrogen-bond donors (Lipinski definition) is 0. The number of ether oxygens (including phenoxy) is 1. The molecule has 3 heterocycles. The summed E-state index contributed by atoms with van der Waals surface area (Å²) in [5.74, 6) is 2.02. The molecule has 6 heteroatoms. The third-order valence-electron chi connectivity index (χ3n) is 14.9. The fourth-order valence-electron chi connectivity index (χ4n) is 10.3. The molecule has 0 spiro atoms. The summed E-state index contributed by atoms with van der Waals surface area (Å²) in [6, 6.07) is 73.3. The van der Waals surface area contributed by atoms with Crippen molar-refractivity contribution in [3.05, 3.63) is 235 Å². The Morgan fingerprint density at radius 1 is 0.440 bits per heavy atom. The van der Waals surface area contributed by atoms with Gasteiger partial charge in [0.1, 0.15) is 5.82 Å². The molecule has 1 aliphatic heterocycles. The molecule has 5 nitrogen and oxygen atoms in total. The Morgan fingerprint density at radius 3 is 1.75 bits per heavy atom. The van der Waals surface area contributed by atoms with E-state index in [2.05, 4.69) is 285 Å². The number of anilines is 4. The molecule has 380 valence electrons. The van der Waals surface area contributed by atoms with Gasteiger partial charge in [0, 0.05) is 61.3 Å². The molecule has 0 unspecified atom stereocenters. The monoisotopic (exact) mass is 1160 g/mol. The molecule has 0 saturated carbocycles. The molecule has 0 amide bonds. The van der Waals surface area contributed by atoms with Gasteiger partial charge in [-0.15, -0.1) is 53.6 Å². The maximum Gasteiger partial charge on any atom is 0.135 e. The van der Waals surface area contributed by atoms with E-state index in [0.29, 0.717) is 11.5 Å². The molecule has 75 heavy (non-hydrogen) atoms. The minimum absolute atomic E-state index is 0. The van der Waals surface area contributed by atoms with Gasteiger partial charge in [-0.3, -0.25) is 0 Å². The van der Waals surface area contributed by atoms with E-state index in [-0.39, 0.29) is 37.3 Å². The zero-order chi connectivity index (χ0) is 51.7. The van der Waals surface area contributed by atoms with Gasteiger partial charge < -0.3 is 19.1 Å². The van der Waals surface area contributed by atoms with Gasteiger partial charge in [-0.05, 0) is 114 Å². The van der Waals surface area contributed by atoms with E-state index in [0.717, 1.165) is 61.5 Å². The van der Waals surface area contributed by atoms with Gasteiger partial charge in [0.25, 0.3) is 0 Å². The predicted octanol–water partition coefficient (Wildman–Crippen LogP) is 18.5. The van der Waals surface area contributed by atoms with Crippen molar-refractivity contribution in [2.45, 2.75) is 97.8 Å². The van der Waals surface area contributed by atoms with Crippen LogP contribution in [0.5, 0.6) is 11.5 Å². The predicted molar refractivity (Wildman–Crippen MR) is 310 cm³/mol. The van der Waals surface area contributed by atoms with Crippen LogP contribution in [0.25, 0.3) is 49.9 Å². The van der Waals surface area contributed by atoms with Gasteiger partial charge in [0.05, 0.1) is 0 Å². The Kier molecular flexibility index (Phi) is 13.3. The second kappa shape index (κ2) is 19.5. The number of pyridine rings is 1. The summed E-state index contributed by atoms with van der Waals surface area (Å²) in [6.45, 7) is 27.3. The van der Waals surface area contributed by atoms with Crippen LogP contribution in [-0.2, 0) is 42.7 Å². The van der Waals surface area contributed by atoms with Crippen molar-refractivity contribution >= 4 is 44.6 Å². The molecule has 2 aromatic heterocycles. The molecule has 0 saturated heterocycles. The Hall–Kier alpha value is -7.20. The molecule has 8 aromatic carbocycles. The van der Waals surface area contributed by atoms with Gasteiger partial charge in [-0.1, -0.05) is 197 Å². The Labute approximate surface area is 459 Å². The Balaban J connectivity index is 0.00000641. The first-order chi connectivity index (χ1) is 35.3. The maximum atomic E-state index is 7.11. The van der Waals surface area contributed by atoms with E-state index in [1.807, 2.05) is 12.3 Å². The van der Waals surface area contributed by atoms with Gasteiger partial charge in [0.2, 0.25) is 0 Å². The van der Waals surface area contributed by atoms with Crippen LogP contribution in [0.4, 0.5) is 22.7 Å². The van der Waals surface area contributed by atoms with E-state index in [9.17, 15) is 0 Å². The second-order valence-corrected chi connectivity index (χ2v) is 23.6. The first kappa shape index (κ1) is 51.3. The van der Waals surface area contributed by atoms with Gasteiger partial charge in [-0.2, -0.15) is 6.07 Å². The normalized spacial score (nSPS) is 13.1. The minimum atomic E-state index is -0.398. The Morgan fingerprint density at radius 2 is 1.08 bits per heavy atom. The van der Waals surface area contributed by atoms with E-state index in [1.54, 1.807) is 0 Å². The van der Waals surface area contributed by atoms with E-state index < -0.39 is 5.41 Å². The maximum absolute atomic E-state index is 7.11. The second-order valence-electron chi connectivity index (χ2n) is 23.6. The van der Waals surface area contributed by atoms with Crippen molar-refractivity contribution in [1.82, 2.24) is 9.55 Å². The SMILES string of the molecule is CC(C)(C)c1cc(-c2ccccc2)cc(N2[CH-]N(c3[c-]c(Oc4[c-]c5c(cc4)c4cc(-c6ccccc6)ccc4n5-c4cc(C(C)(C)C)ccn4)cc(C(C)(C)c4ccccc4)c3)c3cc(C(C)(C)C)ccc32)c1.[Pt]. The molecule has 0 N–H and O–H groups in total. The summed E-state index contributed by atoms with van der Waals surface area (Å²) in [6.07, 6.45) is 1.92. The van der Waals surface area contributed by atoms with Crippen LogP contribution >= 0.6 is 0 Å². The Bertz CT molecular complexity index is 3710. The number of aromatic nitrogens is 2. The zero-order valence-electron chi connectivity index (χ0n) is 45.0. The summed E-state index contributed by atoms with van der Waals surface area (Å²) in [7, 11) is 0. The molecule has 10 aromatic rings. The molecule has 0 bridgehead atoms. The van der Waals surface area contributed by atoms with Crippen molar-refractivity contribution in [1.29, 1.82) is 0 Å². The van der Waals surface area contributed by atoms with Gasteiger partial charge >= 0.3 is 0 Å². The summed E-state index contributed by atoms with van der Waals surface area (Å²) in [4.78, 5) is 9.65. The number of benzene rings is 8. The first-order valence-electron chi connectivity index (χ1n) is 25.9. The van der Waals surface area contributed by atoms with Crippen molar-refractivity contribution in [2.75, 3.05) is 9.80 Å². The standard InChI is InChI=1S/C69H65N4O.Pt/c1-66(2,3)51-28-32-62-64(41-51)72(45-71(62)55-36-49(47-23-17-13-18-24-47)35-53(38-55)68(7,8)9)56-39-54(69(10,11)50-25-19-14-20-26-50)40-58(43-56)74-57-29-30-59-60-37-48(46-21-15-12-16-22-46)27-31-61(60)73(63(59)44-57)65-42-52(33-34-70-65)67(4,5)6;/h12-42,45H,1-11H3;/q-3;. The molecule has 0 aliphatic carbocycles. The molecule has 1 aliphatic rings. The van der Waals surface area contributed by atoms with Crippen LogP contribution in [0.15, 0.2) is 188 Å². The van der Waals surface area contributed by atoms with E-state index in [4.69, 9.17) is 9.72 Å². The summed E-state index contributed by atoms with van der Waals surface area (Å²) in [5, 5.41) is 2.19. The van der Waals surface area contributed by atoms with Crippen molar-refractivity contribution in [2.24, 2.45) is 0 Å². The van der Waals surface area contributed by atoms with Crippen molar-refractivity contribution < 1.29 is 25.8 Å². The van der Waals surface area contributed by atoms with Crippen LogP contribution in [0, 0.1) is 18.8 Å². The van der Waals surface area contributed by atoms with E-state index >= 15 is 0 Å². The molecule has 0 atom stereocenters. The summed E-state index contributed by atoms with van der Waals surface area (Å²) in [5.41, 5.74) is 16.2. The average Bonchev–Trinajstić information content (AvgIpc) is 3.94. The molecule has 0 radical (unpaired) electrons. The zero-order valence-corrected chi connectivity index (χ0v) is 47.3. The number of hydrogen-bond acceptors (Lipinski definition) is 4. The minimum Gasteiger partial charge on any atom is -0.509 e. The average molecular weight is 1160 g/mol.